The highest BCUT2D eigenvalue weighted by Crippen LogP contribution is 2.45. The van der Waals surface area contributed by atoms with Crippen LogP contribution >= 0.6 is 0 Å². The van der Waals surface area contributed by atoms with E-state index in [9.17, 15) is 10.2 Å². The average molecular weight is 455 g/mol. The zero-order valence-corrected chi connectivity index (χ0v) is 22.3. The average Bonchev–Trinajstić information content (AvgIpc) is 2.67. The maximum atomic E-state index is 10.8. The maximum Gasteiger partial charge on any atom is 0.201 e. The molecule has 1 fully saturated rings. The van der Waals surface area contributed by atoms with E-state index in [2.05, 4.69) is 68.4 Å². The summed E-state index contributed by atoms with van der Waals surface area (Å²) in [6, 6.07) is 0. The van der Waals surface area contributed by atoms with E-state index in [-0.39, 0.29) is 24.0 Å². The van der Waals surface area contributed by atoms with Gasteiger partial charge in [0.1, 0.15) is 0 Å². The predicted molar refractivity (Wildman–Crippen MR) is 128 cm³/mol. The summed E-state index contributed by atoms with van der Waals surface area (Å²) in [5, 5.41) is 20.6. The molecule has 2 N–H and O–H groups in total. The second-order valence-electron chi connectivity index (χ2n) is 10.9. The van der Waals surface area contributed by atoms with Crippen LogP contribution in [0.1, 0.15) is 69.2 Å². The molecule has 180 valence electrons. The van der Waals surface area contributed by atoms with Gasteiger partial charge < -0.3 is 24.1 Å². The minimum absolute atomic E-state index is 0.118. The second-order valence-corrected chi connectivity index (χ2v) is 16.3. The molecule has 2 aliphatic rings. The van der Waals surface area contributed by atoms with Crippen LogP contribution in [0.15, 0.2) is 23.8 Å². The summed E-state index contributed by atoms with van der Waals surface area (Å²) in [5.74, 6) is -1.02. The fraction of sp³-hybridized carbons (Fsp3) is 0.840. The highest BCUT2D eigenvalue weighted by molar-refractivity contribution is 6.77. The van der Waals surface area contributed by atoms with Crippen LogP contribution in [0.25, 0.3) is 0 Å². The molecule has 2 rings (SSSR count). The molecule has 0 unspecified atom stereocenters. The Kier molecular flexibility index (Phi) is 8.44. The van der Waals surface area contributed by atoms with E-state index in [0.717, 1.165) is 0 Å². The lowest BCUT2D eigenvalue weighted by Crippen LogP contribution is -2.66. The van der Waals surface area contributed by atoms with E-state index >= 15 is 0 Å². The summed E-state index contributed by atoms with van der Waals surface area (Å²) in [6.45, 7) is 22.2. The number of aliphatic hydroxyl groups is 2. The zero-order valence-electron chi connectivity index (χ0n) is 21.3. The molecule has 0 aromatic carbocycles. The molecule has 6 heteroatoms. The third kappa shape index (κ3) is 4.90. The molecule has 2 heterocycles. The lowest BCUT2D eigenvalue weighted by atomic mass is 9.80. The Bertz CT molecular complexity index is 651. The van der Waals surface area contributed by atoms with Crippen molar-refractivity contribution < 1.29 is 24.1 Å². The van der Waals surface area contributed by atoms with Crippen LogP contribution in [-0.2, 0) is 13.9 Å². The monoisotopic (exact) mass is 454 g/mol. The van der Waals surface area contributed by atoms with Crippen molar-refractivity contribution in [3.63, 3.8) is 0 Å². The van der Waals surface area contributed by atoms with Crippen molar-refractivity contribution in [3.05, 3.63) is 23.8 Å². The molecule has 0 aromatic heterocycles. The third-order valence-electron chi connectivity index (χ3n) is 7.67. The van der Waals surface area contributed by atoms with Gasteiger partial charge in [0.25, 0.3) is 0 Å². The van der Waals surface area contributed by atoms with E-state index < -0.39 is 26.3 Å². The van der Waals surface area contributed by atoms with Gasteiger partial charge in [-0.3, -0.25) is 0 Å². The molecular formula is C25H46O5Si. The van der Waals surface area contributed by atoms with Gasteiger partial charge in [0.05, 0.1) is 25.4 Å². The van der Waals surface area contributed by atoms with Crippen LogP contribution in [0.4, 0.5) is 0 Å². The summed E-state index contributed by atoms with van der Waals surface area (Å²) >= 11 is 0. The van der Waals surface area contributed by atoms with Crippen molar-refractivity contribution in [2.24, 2.45) is 11.8 Å². The van der Waals surface area contributed by atoms with Gasteiger partial charge in [0.15, 0.2) is 5.60 Å². The first kappa shape index (κ1) is 26.7. The van der Waals surface area contributed by atoms with Crippen LogP contribution in [0.3, 0.4) is 0 Å². The Labute approximate surface area is 191 Å². The Hall–Kier alpha value is -0.503. The first-order valence-electron chi connectivity index (χ1n) is 11.9. The standard InChI is InChI=1S/C25H46O5Si/c1-16(2)31(17(3)4,18(5)6)28-14-19(7)13-20(8)23-21(9)22-11-12-25(27,15-26)24(10,29-22)30-23/h11-13,16-18,20-23,26-27H,14-15H2,1-10H3/b19-13+/t20-,21+,22-,23-,24-,25-/m1/s1. The molecule has 1 saturated heterocycles. The summed E-state index contributed by atoms with van der Waals surface area (Å²) < 4.78 is 19.1. The van der Waals surface area contributed by atoms with Gasteiger partial charge >= 0.3 is 0 Å². The van der Waals surface area contributed by atoms with E-state index in [0.29, 0.717) is 23.2 Å². The van der Waals surface area contributed by atoms with Crippen molar-refractivity contribution in [3.8, 4) is 0 Å². The second kappa shape index (κ2) is 9.78. The molecule has 2 aliphatic heterocycles. The van der Waals surface area contributed by atoms with E-state index in [1.807, 2.05) is 6.08 Å². The van der Waals surface area contributed by atoms with Gasteiger partial charge in [-0.15, -0.1) is 0 Å². The first-order valence-corrected chi connectivity index (χ1v) is 14.1. The van der Waals surface area contributed by atoms with Gasteiger partial charge in [-0.25, -0.2) is 0 Å². The Balaban J connectivity index is 2.18. The van der Waals surface area contributed by atoms with Gasteiger partial charge in [0, 0.05) is 11.8 Å². The number of aliphatic hydroxyl groups excluding tert-OH is 1. The van der Waals surface area contributed by atoms with E-state index in [1.165, 1.54) is 5.57 Å². The normalized spacial score (nSPS) is 35.3. The van der Waals surface area contributed by atoms with Gasteiger partial charge in [-0.1, -0.05) is 73.1 Å². The number of hydrogen-bond donors (Lipinski definition) is 2. The highest BCUT2D eigenvalue weighted by atomic mass is 28.4. The minimum Gasteiger partial charge on any atom is -0.412 e. The van der Waals surface area contributed by atoms with Gasteiger partial charge in [0.2, 0.25) is 14.1 Å². The summed E-state index contributed by atoms with van der Waals surface area (Å²) in [5.41, 5.74) is 1.33. The van der Waals surface area contributed by atoms with E-state index in [1.54, 1.807) is 13.0 Å². The molecular weight excluding hydrogens is 408 g/mol. The number of ether oxygens (including phenoxy) is 2. The Morgan fingerprint density at radius 1 is 1.10 bits per heavy atom. The van der Waals surface area contributed by atoms with Crippen molar-refractivity contribution in [2.75, 3.05) is 13.2 Å². The summed E-state index contributed by atoms with van der Waals surface area (Å²) in [7, 11) is -1.91. The molecule has 0 aliphatic carbocycles. The maximum absolute atomic E-state index is 10.8. The van der Waals surface area contributed by atoms with Gasteiger partial charge in [-0.2, -0.15) is 0 Å². The smallest absolute Gasteiger partial charge is 0.201 e. The van der Waals surface area contributed by atoms with Crippen LogP contribution in [0.2, 0.25) is 16.6 Å². The number of fused-ring (bicyclic) bond motifs is 2. The Morgan fingerprint density at radius 2 is 1.65 bits per heavy atom. The number of rotatable bonds is 9. The summed E-state index contributed by atoms with van der Waals surface area (Å²) in [6.07, 6.45) is 5.45. The fourth-order valence-corrected chi connectivity index (χ4v) is 11.4. The molecule has 0 saturated carbocycles. The first-order chi connectivity index (χ1) is 14.2. The van der Waals surface area contributed by atoms with Crippen LogP contribution in [0, 0.1) is 11.8 Å². The third-order valence-corrected chi connectivity index (χ3v) is 13.7. The Morgan fingerprint density at radius 3 is 2.13 bits per heavy atom. The molecule has 2 bridgehead atoms. The lowest BCUT2D eigenvalue weighted by Gasteiger charge is -2.54. The largest absolute Gasteiger partial charge is 0.412 e. The van der Waals surface area contributed by atoms with Crippen LogP contribution in [0.5, 0.6) is 0 Å². The molecule has 0 amide bonds. The quantitative estimate of drug-likeness (QED) is 0.371. The summed E-state index contributed by atoms with van der Waals surface area (Å²) in [4.78, 5) is 0. The van der Waals surface area contributed by atoms with Crippen LogP contribution in [-0.4, -0.2) is 55.3 Å². The highest BCUT2D eigenvalue weighted by Gasteiger charge is 2.57. The molecule has 0 radical (unpaired) electrons. The molecule has 0 aromatic rings. The van der Waals surface area contributed by atoms with E-state index in [4.69, 9.17) is 13.9 Å². The predicted octanol–water partition coefficient (Wildman–Crippen LogP) is 5.19. The molecule has 31 heavy (non-hydrogen) atoms. The molecule has 0 spiro atoms. The SMILES string of the molecule is C/C(=C\[C@@H](C)[C@H]1O[C@@]2(C)O[C@H](C=C[C@@]2(O)CO)[C@@H]1C)CO[Si](C(C)C)(C(C)C)C(C)C. The van der Waals surface area contributed by atoms with Crippen molar-refractivity contribution in [1.82, 2.24) is 0 Å². The number of hydrogen-bond acceptors (Lipinski definition) is 5. The van der Waals surface area contributed by atoms with Gasteiger partial charge in [-0.05, 0) is 36.5 Å². The van der Waals surface area contributed by atoms with Crippen molar-refractivity contribution in [2.45, 2.75) is 109 Å². The molecule has 6 atom stereocenters. The lowest BCUT2D eigenvalue weighted by molar-refractivity contribution is -0.381. The minimum atomic E-state index is -1.91. The topological polar surface area (TPSA) is 68.2 Å². The van der Waals surface area contributed by atoms with Crippen molar-refractivity contribution >= 4 is 8.32 Å². The fourth-order valence-electron chi connectivity index (χ4n) is 5.89. The molecule has 5 nitrogen and oxygen atoms in total. The van der Waals surface area contributed by atoms with Crippen molar-refractivity contribution in [1.29, 1.82) is 0 Å². The van der Waals surface area contributed by atoms with Crippen LogP contribution < -0.4 is 0 Å². The zero-order chi connectivity index (χ0) is 23.8.